The van der Waals surface area contributed by atoms with Crippen LogP contribution in [0.15, 0.2) is 24.3 Å². The number of nitrogens with zero attached hydrogens (tertiary/aromatic N) is 2. The monoisotopic (exact) mass is 363 g/mol. The van der Waals surface area contributed by atoms with Crippen LogP contribution in [0.25, 0.3) is 0 Å². The molecule has 2 fully saturated rings. The molecule has 1 N–H and O–H groups in total. The Morgan fingerprint density at radius 1 is 1.19 bits per heavy atom. The Hall–Kier alpha value is -1.99. The van der Waals surface area contributed by atoms with Gasteiger partial charge in [0.05, 0.1) is 6.61 Å². The van der Waals surface area contributed by atoms with Crippen LogP contribution in [0.4, 0.5) is 4.39 Å². The summed E-state index contributed by atoms with van der Waals surface area (Å²) in [4.78, 5) is 31.9. The molecule has 2 heterocycles. The van der Waals surface area contributed by atoms with Crippen LogP contribution in [0.3, 0.4) is 0 Å². The molecule has 2 saturated heterocycles. The zero-order chi connectivity index (χ0) is 18.4. The lowest BCUT2D eigenvalue weighted by Gasteiger charge is -2.33. The van der Waals surface area contributed by atoms with Crippen LogP contribution in [0.1, 0.15) is 36.0 Å². The van der Waals surface area contributed by atoms with Gasteiger partial charge in [0.2, 0.25) is 5.91 Å². The maximum atomic E-state index is 12.9. The van der Waals surface area contributed by atoms with E-state index >= 15 is 0 Å². The van der Waals surface area contributed by atoms with Crippen molar-refractivity contribution in [1.82, 2.24) is 15.3 Å². The molecule has 1 aromatic rings. The van der Waals surface area contributed by atoms with Crippen LogP contribution >= 0.6 is 0 Å². The summed E-state index contributed by atoms with van der Waals surface area (Å²) in [5, 5.41) is 4.76. The first-order chi connectivity index (χ1) is 12.6. The molecule has 2 aliphatic heterocycles. The Labute approximate surface area is 153 Å². The van der Waals surface area contributed by atoms with Gasteiger partial charge in [0, 0.05) is 44.7 Å². The third-order valence-corrected chi connectivity index (χ3v) is 4.93. The Balaban J connectivity index is 1.41. The summed E-state index contributed by atoms with van der Waals surface area (Å²) in [6, 6.07) is 5.50. The molecule has 7 heteroatoms. The van der Waals surface area contributed by atoms with E-state index in [1.54, 1.807) is 0 Å². The van der Waals surface area contributed by atoms with Crippen molar-refractivity contribution >= 4 is 11.8 Å². The second-order valence-corrected chi connectivity index (χ2v) is 6.93. The highest BCUT2D eigenvalue weighted by Gasteiger charge is 2.25. The lowest BCUT2D eigenvalue weighted by Crippen LogP contribution is -2.44. The summed E-state index contributed by atoms with van der Waals surface area (Å²) in [7, 11) is 0. The number of piperidine rings is 1. The lowest BCUT2D eigenvalue weighted by atomic mass is 9.97. The summed E-state index contributed by atoms with van der Waals surface area (Å²) in [5.74, 6) is -0.169. The number of hydrogen-bond acceptors (Lipinski definition) is 4. The number of nitrogens with one attached hydrogen (secondary N) is 1. The minimum atomic E-state index is -0.359. The van der Waals surface area contributed by atoms with Crippen molar-refractivity contribution in [3.8, 4) is 0 Å². The van der Waals surface area contributed by atoms with Crippen molar-refractivity contribution in [2.24, 2.45) is 5.92 Å². The Morgan fingerprint density at radius 2 is 2.00 bits per heavy atom. The van der Waals surface area contributed by atoms with E-state index in [9.17, 15) is 14.0 Å². The normalized spacial score (nSPS) is 21.0. The van der Waals surface area contributed by atoms with Crippen LogP contribution in [0, 0.1) is 11.7 Å². The van der Waals surface area contributed by atoms with E-state index in [4.69, 9.17) is 4.84 Å². The molecule has 0 aliphatic carbocycles. The smallest absolute Gasteiger partial charge is 0.251 e. The third-order valence-electron chi connectivity index (χ3n) is 4.93. The maximum Gasteiger partial charge on any atom is 0.251 e. The molecule has 0 radical (unpaired) electrons. The highest BCUT2D eigenvalue weighted by Crippen LogP contribution is 2.17. The molecular formula is C19H26FN3O3. The highest BCUT2D eigenvalue weighted by atomic mass is 19.1. The molecule has 1 atom stereocenters. The summed E-state index contributed by atoms with van der Waals surface area (Å²) < 4.78 is 12.9. The van der Waals surface area contributed by atoms with Crippen molar-refractivity contribution in [3.63, 3.8) is 0 Å². The van der Waals surface area contributed by atoms with E-state index in [1.807, 2.05) is 9.96 Å². The zero-order valence-corrected chi connectivity index (χ0v) is 15.0. The number of benzene rings is 1. The first-order valence-electron chi connectivity index (χ1n) is 9.31. The maximum absolute atomic E-state index is 12.9. The molecule has 6 nitrogen and oxygen atoms in total. The van der Waals surface area contributed by atoms with Crippen molar-refractivity contribution in [1.29, 1.82) is 0 Å². The molecule has 142 valence electrons. The zero-order valence-electron chi connectivity index (χ0n) is 15.0. The van der Waals surface area contributed by atoms with Gasteiger partial charge in [0.1, 0.15) is 5.82 Å². The van der Waals surface area contributed by atoms with Gasteiger partial charge >= 0.3 is 0 Å². The van der Waals surface area contributed by atoms with Crippen LogP contribution < -0.4 is 5.32 Å². The summed E-state index contributed by atoms with van der Waals surface area (Å²) in [6.45, 7) is 4.25. The van der Waals surface area contributed by atoms with Crippen LogP contribution in [-0.4, -0.2) is 61.1 Å². The predicted molar refractivity (Wildman–Crippen MR) is 94.8 cm³/mol. The molecule has 2 amide bonds. The van der Waals surface area contributed by atoms with E-state index in [0.29, 0.717) is 31.6 Å². The highest BCUT2D eigenvalue weighted by molar-refractivity contribution is 5.94. The van der Waals surface area contributed by atoms with Crippen LogP contribution in [0.2, 0.25) is 0 Å². The van der Waals surface area contributed by atoms with Gasteiger partial charge in [0.15, 0.2) is 0 Å². The number of amides is 2. The minimum absolute atomic E-state index is 0.148. The molecule has 1 aromatic carbocycles. The number of halogens is 1. The van der Waals surface area contributed by atoms with Gasteiger partial charge in [-0.05, 0) is 49.4 Å². The van der Waals surface area contributed by atoms with E-state index in [1.165, 1.54) is 24.3 Å². The topological polar surface area (TPSA) is 61.9 Å². The Bertz CT molecular complexity index is 617. The predicted octanol–water partition coefficient (Wildman–Crippen LogP) is 1.82. The largest absolute Gasteiger partial charge is 0.352 e. The molecule has 0 bridgehead atoms. The molecule has 2 aliphatic rings. The van der Waals surface area contributed by atoms with Gasteiger partial charge in [-0.2, -0.15) is 5.06 Å². The lowest BCUT2D eigenvalue weighted by molar-refractivity contribution is -0.140. The van der Waals surface area contributed by atoms with E-state index in [0.717, 1.165) is 39.0 Å². The summed E-state index contributed by atoms with van der Waals surface area (Å²) in [6.07, 6.45) is 3.42. The standard InChI is InChI=1S/C19H26FN3O3/c20-17-6-4-16(5-7-17)19(25)21-13-15-3-1-9-22(14-15)18(24)8-11-23-10-2-12-26-23/h4-7,15H,1-3,8-14H2,(H,21,25). The molecule has 0 spiro atoms. The summed E-state index contributed by atoms with van der Waals surface area (Å²) >= 11 is 0. The molecular weight excluding hydrogens is 337 g/mol. The van der Waals surface area contributed by atoms with Gasteiger partial charge in [0.25, 0.3) is 5.91 Å². The first kappa shape index (κ1) is 18.8. The molecule has 26 heavy (non-hydrogen) atoms. The van der Waals surface area contributed by atoms with Gasteiger partial charge in [-0.25, -0.2) is 4.39 Å². The number of carbonyl (C=O) groups is 2. The van der Waals surface area contributed by atoms with Crippen LogP contribution in [0.5, 0.6) is 0 Å². The average molecular weight is 363 g/mol. The van der Waals surface area contributed by atoms with E-state index in [2.05, 4.69) is 5.32 Å². The second-order valence-electron chi connectivity index (χ2n) is 6.93. The van der Waals surface area contributed by atoms with Gasteiger partial charge < -0.3 is 10.2 Å². The minimum Gasteiger partial charge on any atom is -0.352 e. The third kappa shape index (κ3) is 5.25. The number of rotatable bonds is 6. The van der Waals surface area contributed by atoms with E-state index in [-0.39, 0.29) is 23.5 Å². The fourth-order valence-corrected chi connectivity index (χ4v) is 3.45. The number of hydrogen-bond donors (Lipinski definition) is 1. The summed E-state index contributed by atoms with van der Waals surface area (Å²) in [5.41, 5.74) is 0.445. The van der Waals surface area contributed by atoms with Crippen LogP contribution in [-0.2, 0) is 9.63 Å². The fraction of sp³-hybridized carbons (Fsp3) is 0.579. The Kier molecular flexibility index (Phi) is 6.57. The van der Waals surface area contributed by atoms with Crippen molar-refractivity contribution in [2.45, 2.75) is 25.7 Å². The fourth-order valence-electron chi connectivity index (χ4n) is 3.45. The number of likely N-dealkylation sites (tertiary alicyclic amines) is 1. The van der Waals surface area contributed by atoms with Crippen molar-refractivity contribution in [2.75, 3.05) is 39.3 Å². The van der Waals surface area contributed by atoms with Gasteiger partial charge in [-0.3, -0.25) is 14.4 Å². The molecule has 0 saturated carbocycles. The van der Waals surface area contributed by atoms with Gasteiger partial charge in [-0.15, -0.1) is 0 Å². The molecule has 0 aromatic heterocycles. The van der Waals surface area contributed by atoms with Crippen molar-refractivity contribution in [3.05, 3.63) is 35.6 Å². The average Bonchev–Trinajstić information content (AvgIpc) is 3.18. The quantitative estimate of drug-likeness (QED) is 0.838. The van der Waals surface area contributed by atoms with Gasteiger partial charge in [-0.1, -0.05) is 0 Å². The molecule has 3 rings (SSSR count). The Morgan fingerprint density at radius 3 is 2.73 bits per heavy atom. The second kappa shape index (κ2) is 9.09. The van der Waals surface area contributed by atoms with Crippen molar-refractivity contribution < 1.29 is 18.8 Å². The molecule has 1 unspecified atom stereocenters. The number of carbonyl (C=O) groups excluding carboxylic acids is 2. The van der Waals surface area contributed by atoms with E-state index < -0.39 is 0 Å². The number of hydroxylamine groups is 2. The first-order valence-corrected chi connectivity index (χ1v) is 9.31. The SMILES string of the molecule is O=C(NCC1CCCN(C(=O)CCN2CCCO2)C1)c1ccc(F)cc1.